The monoisotopic (exact) mass is 290 g/mol. The topological polar surface area (TPSA) is 115 Å². The van der Waals surface area contributed by atoms with E-state index in [2.05, 4.69) is 25.4 Å². The van der Waals surface area contributed by atoms with Crippen molar-refractivity contribution in [2.24, 2.45) is 5.73 Å². The summed E-state index contributed by atoms with van der Waals surface area (Å²) in [4.78, 5) is 26.0. The molecule has 2 heterocycles. The molecule has 0 saturated heterocycles. The maximum atomic E-state index is 11.1. The van der Waals surface area contributed by atoms with Gasteiger partial charge in [-0.05, 0) is 19.9 Å². The Balaban J connectivity index is 2.46. The van der Waals surface area contributed by atoms with Gasteiger partial charge in [0, 0.05) is 26.3 Å². The molecule has 3 N–H and O–H groups in total. The first-order valence-corrected chi connectivity index (χ1v) is 6.63. The summed E-state index contributed by atoms with van der Waals surface area (Å²) >= 11 is 0. The molecule has 0 unspecified atom stereocenters. The van der Waals surface area contributed by atoms with Gasteiger partial charge in [-0.25, -0.2) is 4.68 Å². The molecule has 0 aliphatic carbocycles. The van der Waals surface area contributed by atoms with Crippen molar-refractivity contribution < 1.29 is 4.79 Å². The van der Waals surface area contributed by atoms with Crippen LogP contribution < -0.4 is 16.0 Å². The Morgan fingerprint density at radius 2 is 2.05 bits per heavy atom. The summed E-state index contributed by atoms with van der Waals surface area (Å²) < 4.78 is 1.40. The van der Waals surface area contributed by atoms with Gasteiger partial charge in [-0.1, -0.05) is 0 Å². The highest BCUT2D eigenvalue weighted by Gasteiger charge is 2.13. The lowest BCUT2D eigenvalue weighted by atomic mass is 10.4. The van der Waals surface area contributed by atoms with Crippen molar-refractivity contribution in [1.29, 1.82) is 0 Å². The highest BCUT2D eigenvalue weighted by Crippen LogP contribution is 2.12. The largest absolute Gasteiger partial charge is 0.364 e. The van der Waals surface area contributed by atoms with E-state index in [4.69, 9.17) is 5.73 Å². The van der Waals surface area contributed by atoms with E-state index in [1.807, 2.05) is 18.7 Å². The maximum absolute atomic E-state index is 11.1. The Morgan fingerprint density at radius 3 is 2.57 bits per heavy atom. The molecule has 2 aromatic heterocycles. The van der Waals surface area contributed by atoms with Crippen molar-refractivity contribution in [1.82, 2.24) is 24.7 Å². The molecule has 0 spiro atoms. The molecule has 0 aliphatic heterocycles. The summed E-state index contributed by atoms with van der Waals surface area (Å²) in [5.74, 6) is 0.702. The van der Waals surface area contributed by atoms with Gasteiger partial charge in [0.2, 0.25) is 11.9 Å². The van der Waals surface area contributed by atoms with Gasteiger partial charge in [0.15, 0.2) is 0 Å². The summed E-state index contributed by atoms with van der Waals surface area (Å²) in [6.45, 7) is 5.58. The maximum Gasteiger partial charge on any atom is 0.269 e. The fourth-order valence-electron chi connectivity index (χ4n) is 1.78. The van der Waals surface area contributed by atoms with Crippen molar-refractivity contribution in [3.63, 3.8) is 0 Å². The number of nitrogens with two attached hydrogens (primary N) is 1. The van der Waals surface area contributed by atoms with Crippen LogP contribution in [0, 0.1) is 0 Å². The Labute approximate surface area is 122 Å². The molecular weight excluding hydrogens is 272 g/mol. The zero-order valence-electron chi connectivity index (χ0n) is 12.2. The highest BCUT2D eigenvalue weighted by atomic mass is 16.1. The second kappa shape index (κ2) is 6.16. The normalized spacial score (nSPS) is 10.4. The van der Waals surface area contributed by atoms with Gasteiger partial charge in [-0.3, -0.25) is 4.79 Å². The van der Waals surface area contributed by atoms with Crippen LogP contribution in [-0.4, -0.2) is 50.8 Å². The molecule has 112 valence electrons. The van der Waals surface area contributed by atoms with E-state index in [0.29, 0.717) is 17.8 Å². The van der Waals surface area contributed by atoms with Crippen molar-refractivity contribution in [2.45, 2.75) is 13.8 Å². The molecule has 0 aromatic carbocycles. The number of nitrogens with one attached hydrogen (secondary N) is 1. The molecule has 21 heavy (non-hydrogen) atoms. The highest BCUT2D eigenvalue weighted by molar-refractivity contribution is 5.90. The Hall–Kier alpha value is -2.71. The molecular formula is C12H18N8O. The van der Waals surface area contributed by atoms with Gasteiger partial charge in [0.25, 0.3) is 11.9 Å². The van der Waals surface area contributed by atoms with Gasteiger partial charge < -0.3 is 16.0 Å². The fourth-order valence-corrected chi connectivity index (χ4v) is 1.78. The molecule has 0 radical (unpaired) electrons. The molecule has 0 aliphatic rings. The van der Waals surface area contributed by atoms with Crippen LogP contribution in [0.2, 0.25) is 0 Å². The third-order valence-corrected chi connectivity index (χ3v) is 2.93. The minimum atomic E-state index is -0.597. The van der Waals surface area contributed by atoms with Crippen LogP contribution in [0.5, 0.6) is 0 Å². The van der Waals surface area contributed by atoms with Crippen LogP contribution in [0.15, 0.2) is 12.3 Å². The lowest BCUT2D eigenvalue weighted by molar-refractivity contribution is 0.0995. The predicted octanol–water partition coefficient (Wildman–Crippen LogP) is 0.0441. The first-order valence-electron chi connectivity index (χ1n) is 6.63. The number of carbonyl (C=O) groups is 1. The van der Waals surface area contributed by atoms with Crippen LogP contribution in [0.1, 0.15) is 24.3 Å². The Kier molecular flexibility index (Phi) is 4.31. The zero-order valence-corrected chi connectivity index (χ0v) is 12.2. The average Bonchev–Trinajstić information content (AvgIpc) is 2.98. The average molecular weight is 290 g/mol. The van der Waals surface area contributed by atoms with E-state index in [0.717, 1.165) is 13.1 Å². The Morgan fingerprint density at radius 1 is 1.33 bits per heavy atom. The zero-order chi connectivity index (χ0) is 15.4. The number of amides is 1. The molecule has 0 fully saturated rings. The van der Waals surface area contributed by atoms with E-state index in [9.17, 15) is 4.79 Å². The minimum absolute atomic E-state index is 0.158. The smallest absolute Gasteiger partial charge is 0.269 e. The van der Waals surface area contributed by atoms with Crippen molar-refractivity contribution in [3.05, 3.63) is 18.0 Å². The Bertz CT molecular complexity index is 634. The summed E-state index contributed by atoms with van der Waals surface area (Å²) in [6, 6.07) is 1.52. The number of hydrogen-bond acceptors (Lipinski definition) is 7. The van der Waals surface area contributed by atoms with Crippen LogP contribution in [0.25, 0.3) is 5.95 Å². The SMILES string of the molecule is CCN(CC)c1nc(NC)nc(-n2ccc(C(N)=O)n2)n1. The number of carbonyl (C=O) groups excluding carboxylic acids is 1. The first kappa shape index (κ1) is 14.7. The minimum Gasteiger partial charge on any atom is -0.364 e. The molecule has 1 amide bonds. The lowest BCUT2D eigenvalue weighted by Crippen LogP contribution is -2.25. The van der Waals surface area contributed by atoms with E-state index < -0.39 is 5.91 Å². The van der Waals surface area contributed by atoms with Crippen LogP contribution in [-0.2, 0) is 0 Å². The van der Waals surface area contributed by atoms with E-state index in [1.165, 1.54) is 10.7 Å². The fraction of sp³-hybridized carbons (Fsp3) is 0.417. The predicted molar refractivity (Wildman–Crippen MR) is 78.6 cm³/mol. The summed E-state index contributed by atoms with van der Waals surface area (Å²) in [5, 5.41) is 6.94. The molecule has 2 rings (SSSR count). The standard InChI is InChI=1S/C12H18N8O/c1-4-19(5-2)11-15-10(14-3)16-12(17-11)20-7-6-8(18-20)9(13)21/h6-7H,4-5H2,1-3H3,(H2,13,21)(H,14,15,16,17). The summed E-state index contributed by atoms with van der Waals surface area (Å²) in [6.07, 6.45) is 1.58. The molecule has 0 atom stereocenters. The quantitative estimate of drug-likeness (QED) is 0.772. The second-order valence-electron chi connectivity index (χ2n) is 4.19. The van der Waals surface area contributed by atoms with Gasteiger partial charge in [-0.2, -0.15) is 20.1 Å². The second-order valence-corrected chi connectivity index (χ2v) is 4.19. The van der Waals surface area contributed by atoms with Gasteiger partial charge >= 0.3 is 0 Å². The number of hydrogen-bond donors (Lipinski definition) is 2. The molecule has 0 saturated carbocycles. The van der Waals surface area contributed by atoms with E-state index in [-0.39, 0.29) is 5.69 Å². The van der Waals surface area contributed by atoms with Gasteiger partial charge in [0.05, 0.1) is 0 Å². The molecule has 9 nitrogen and oxygen atoms in total. The molecule has 9 heteroatoms. The third-order valence-electron chi connectivity index (χ3n) is 2.93. The molecule has 0 bridgehead atoms. The number of primary amides is 1. The number of rotatable bonds is 6. The third kappa shape index (κ3) is 3.07. The van der Waals surface area contributed by atoms with Crippen molar-refractivity contribution >= 4 is 17.8 Å². The lowest BCUT2D eigenvalue weighted by Gasteiger charge is -2.19. The summed E-state index contributed by atoms with van der Waals surface area (Å²) in [7, 11) is 1.73. The van der Waals surface area contributed by atoms with Crippen LogP contribution in [0.4, 0.5) is 11.9 Å². The van der Waals surface area contributed by atoms with Gasteiger partial charge in [0.1, 0.15) is 5.69 Å². The van der Waals surface area contributed by atoms with E-state index >= 15 is 0 Å². The first-order chi connectivity index (χ1) is 10.1. The van der Waals surface area contributed by atoms with Crippen LogP contribution in [0.3, 0.4) is 0 Å². The van der Waals surface area contributed by atoms with Crippen LogP contribution >= 0.6 is 0 Å². The van der Waals surface area contributed by atoms with E-state index in [1.54, 1.807) is 13.2 Å². The van der Waals surface area contributed by atoms with Crippen molar-refractivity contribution in [3.8, 4) is 5.95 Å². The van der Waals surface area contributed by atoms with Gasteiger partial charge in [-0.15, -0.1) is 0 Å². The number of anilines is 2. The number of aromatic nitrogens is 5. The number of nitrogens with zero attached hydrogens (tertiary/aromatic N) is 6. The summed E-state index contributed by atoms with van der Waals surface area (Å²) in [5.41, 5.74) is 5.35. The van der Waals surface area contributed by atoms with Crippen molar-refractivity contribution in [2.75, 3.05) is 30.4 Å². The molecule has 2 aromatic rings.